The van der Waals surface area contributed by atoms with E-state index in [9.17, 15) is 14.9 Å². The van der Waals surface area contributed by atoms with Crippen molar-refractivity contribution in [1.82, 2.24) is 4.90 Å². The van der Waals surface area contributed by atoms with Gasteiger partial charge in [-0.15, -0.1) is 0 Å². The van der Waals surface area contributed by atoms with Gasteiger partial charge in [-0.2, -0.15) is 0 Å². The molecule has 126 valence electrons. The van der Waals surface area contributed by atoms with Crippen LogP contribution < -0.4 is 9.64 Å². The number of hydrogen-bond acceptors (Lipinski definition) is 5. The summed E-state index contributed by atoms with van der Waals surface area (Å²) in [6.45, 7) is 1.59. The van der Waals surface area contributed by atoms with E-state index in [0.717, 1.165) is 0 Å². The fourth-order valence-corrected chi connectivity index (χ4v) is 2.73. The Bertz CT molecular complexity index is 613. The first-order valence-corrected chi connectivity index (χ1v) is 7.81. The number of alkyl halides is 3. The minimum atomic E-state index is -1.98. The lowest BCUT2D eigenvalue weighted by Gasteiger charge is -2.37. The number of nitro groups is 1. The van der Waals surface area contributed by atoms with Gasteiger partial charge in [0.15, 0.2) is 0 Å². The van der Waals surface area contributed by atoms with Crippen LogP contribution in [0.15, 0.2) is 18.2 Å². The summed E-state index contributed by atoms with van der Waals surface area (Å²) >= 11 is 16.8. The fraction of sp³-hybridized carbons (Fsp3) is 0.462. The Kier molecular flexibility index (Phi) is 5.44. The zero-order chi connectivity index (χ0) is 17.2. The van der Waals surface area contributed by atoms with Gasteiger partial charge in [-0.1, -0.05) is 34.8 Å². The van der Waals surface area contributed by atoms with E-state index in [-0.39, 0.29) is 5.69 Å². The molecule has 0 aromatic heterocycles. The number of piperazine rings is 1. The number of carbonyl (C=O) groups is 1. The zero-order valence-electron chi connectivity index (χ0n) is 12.2. The molecule has 0 N–H and O–H groups in total. The normalized spacial score (nSPS) is 15.5. The van der Waals surface area contributed by atoms with Crippen LogP contribution in [0.25, 0.3) is 0 Å². The second-order valence-electron chi connectivity index (χ2n) is 4.89. The first kappa shape index (κ1) is 17.9. The number of anilines is 1. The Morgan fingerprint density at radius 3 is 2.35 bits per heavy atom. The second kappa shape index (κ2) is 6.98. The summed E-state index contributed by atoms with van der Waals surface area (Å²) < 4.78 is 3.27. The third-order valence-corrected chi connectivity index (χ3v) is 4.01. The molecule has 1 aromatic carbocycles. The first-order chi connectivity index (χ1) is 10.7. The Balaban J connectivity index is 2.15. The monoisotopic (exact) mass is 381 g/mol. The summed E-state index contributed by atoms with van der Waals surface area (Å²) in [6, 6.07) is 4.38. The number of ether oxygens (including phenoxy) is 1. The van der Waals surface area contributed by atoms with E-state index in [2.05, 4.69) is 0 Å². The number of nitrogens with zero attached hydrogens (tertiary/aromatic N) is 3. The molecule has 1 aliphatic rings. The van der Waals surface area contributed by atoms with Crippen LogP contribution in [0, 0.1) is 10.1 Å². The largest absolute Gasteiger partial charge is 0.495 e. The van der Waals surface area contributed by atoms with Gasteiger partial charge in [-0.3, -0.25) is 14.9 Å². The molecule has 0 bridgehead atoms. The Hall–Kier alpha value is -1.44. The van der Waals surface area contributed by atoms with Crippen molar-refractivity contribution in [2.75, 3.05) is 38.2 Å². The lowest BCUT2D eigenvalue weighted by Crippen LogP contribution is -2.51. The smallest absolute Gasteiger partial charge is 0.274 e. The number of rotatable bonds is 3. The highest BCUT2D eigenvalue weighted by atomic mass is 35.6. The van der Waals surface area contributed by atoms with Crippen molar-refractivity contribution in [3.63, 3.8) is 0 Å². The van der Waals surface area contributed by atoms with Crippen LogP contribution in [-0.2, 0) is 4.79 Å². The maximum Gasteiger partial charge on any atom is 0.274 e. The fourth-order valence-electron chi connectivity index (χ4n) is 2.37. The Morgan fingerprint density at radius 1 is 1.26 bits per heavy atom. The minimum Gasteiger partial charge on any atom is -0.495 e. The number of carbonyl (C=O) groups excluding carboxylic acids is 1. The number of non-ortho nitro benzene ring substituents is 1. The summed E-state index contributed by atoms with van der Waals surface area (Å²) in [7, 11) is 1.49. The number of halogens is 3. The average molecular weight is 383 g/mol. The molecule has 0 radical (unpaired) electrons. The van der Waals surface area contributed by atoms with Crippen LogP contribution in [-0.4, -0.2) is 52.8 Å². The topological polar surface area (TPSA) is 75.9 Å². The predicted molar refractivity (Wildman–Crippen MR) is 88.7 cm³/mol. The molecule has 0 saturated carbocycles. The number of benzene rings is 1. The van der Waals surface area contributed by atoms with Crippen LogP contribution in [0.2, 0.25) is 0 Å². The summed E-state index contributed by atoms with van der Waals surface area (Å²) in [6.07, 6.45) is 0. The van der Waals surface area contributed by atoms with E-state index in [1.165, 1.54) is 24.1 Å². The summed E-state index contributed by atoms with van der Waals surface area (Å²) in [4.78, 5) is 25.7. The van der Waals surface area contributed by atoms with E-state index in [0.29, 0.717) is 37.6 Å². The first-order valence-electron chi connectivity index (χ1n) is 6.67. The molecule has 0 atom stereocenters. The molecule has 10 heteroatoms. The Morgan fingerprint density at radius 2 is 1.87 bits per heavy atom. The van der Waals surface area contributed by atoms with Gasteiger partial charge >= 0.3 is 0 Å². The quantitative estimate of drug-likeness (QED) is 0.456. The molecule has 7 nitrogen and oxygen atoms in total. The third-order valence-electron chi connectivity index (χ3n) is 3.52. The summed E-state index contributed by atoms with van der Waals surface area (Å²) in [5, 5.41) is 10.9. The van der Waals surface area contributed by atoms with Gasteiger partial charge in [0.05, 0.1) is 17.7 Å². The average Bonchev–Trinajstić information content (AvgIpc) is 2.52. The highest BCUT2D eigenvalue weighted by Crippen LogP contribution is 2.34. The number of amides is 1. The van der Waals surface area contributed by atoms with Crippen LogP contribution >= 0.6 is 34.8 Å². The van der Waals surface area contributed by atoms with Crippen LogP contribution in [0.1, 0.15) is 0 Å². The number of methoxy groups -OCH3 is 1. The van der Waals surface area contributed by atoms with Gasteiger partial charge in [0.25, 0.3) is 15.4 Å². The molecule has 0 spiro atoms. The standard InChI is InChI=1S/C13H14Cl3N3O4/c1-23-11-3-2-9(19(21)22)8-10(11)17-4-6-18(7-5-17)12(20)13(14,15)16/h2-3,8H,4-7H2,1H3. The van der Waals surface area contributed by atoms with E-state index in [4.69, 9.17) is 39.5 Å². The molecule has 0 unspecified atom stereocenters. The molecule has 1 saturated heterocycles. The SMILES string of the molecule is COc1ccc([N+](=O)[O-])cc1N1CCN(C(=O)C(Cl)(Cl)Cl)CC1. The molecule has 0 aliphatic carbocycles. The number of hydrogen-bond donors (Lipinski definition) is 0. The maximum atomic E-state index is 11.9. The van der Waals surface area contributed by atoms with Crippen molar-refractivity contribution in [3.05, 3.63) is 28.3 Å². The number of nitro benzene ring substituents is 1. The van der Waals surface area contributed by atoms with Crippen molar-refractivity contribution in [1.29, 1.82) is 0 Å². The van der Waals surface area contributed by atoms with Gasteiger partial charge in [0, 0.05) is 38.3 Å². The summed E-state index contributed by atoms with van der Waals surface area (Å²) in [5.41, 5.74) is 0.572. The van der Waals surface area contributed by atoms with E-state index < -0.39 is 14.6 Å². The Labute approximate surface area is 147 Å². The van der Waals surface area contributed by atoms with Gasteiger partial charge in [-0.25, -0.2) is 0 Å². The molecule has 23 heavy (non-hydrogen) atoms. The van der Waals surface area contributed by atoms with Crippen LogP contribution in [0.3, 0.4) is 0 Å². The predicted octanol–water partition coefficient (Wildman–Crippen LogP) is 2.62. The van der Waals surface area contributed by atoms with E-state index in [1.54, 1.807) is 6.07 Å². The van der Waals surface area contributed by atoms with E-state index in [1.807, 2.05) is 4.90 Å². The molecular weight excluding hydrogens is 369 g/mol. The van der Waals surface area contributed by atoms with Gasteiger partial charge in [0.2, 0.25) is 0 Å². The lowest BCUT2D eigenvalue weighted by molar-refractivity contribution is -0.384. The van der Waals surface area contributed by atoms with Crippen LogP contribution in [0.4, 0.5) is 11.4 Å². The molecule has 1 fully saturated rings. The molecule has 1 aliphatic heterocycles. The van der Waals surface area contributed by atoms with Gasteiger partial charge in [0.1, 0.15) is 5.75 Å². The molecule has 1 amide bonds. The lowest BCUT2D eigenvalue weighted by atomic mass is 10.2. The molecule has 2 rings (SSSR count). The highest BCUT2D eigenvalue weighted by Gasteiger charge is 2.36. The van der Waals surface area contributed by atoms with Crippen molar-refractivity contribution >= 4 is 52.1 Å². The van der Waals surface area contributed by atoms with Gasteiger partial charge in [-0.05, 0) is 6.07 Å². The van der Waals surface area contributed by atoms with Gasteiger partial charge < -0.3 is 14.5 Å². The third kappa shape index (κ3) is 4.10. The summed E-state index contributed by atoms with van der Waals surface area (Å²) in [5.74, 6) is -0.0510. The molecule has 1 heterocycles. The minimum absolute atomic E-state index is 0.0272. The van der Waals surface area contributed by atoms with Crippen molar-refractivity contribution < 1.29 is 14.5 Å². The molecule has 1 aromatic rings. The zero-order valence-corrected chi connectivity index (χ0v) is 14.4. The molecular formula is C13H14Cl3N3O4. The van der Waals surface area contributed by atoms with E-state index >= 15 is 0 Å². The van der Waals surface area contributed by atoms with Crippen molar-refractivity contribution in [2.24, 2.45) is 0 Å². The van der Waals surface area contributed by atoms with Crippen molar-refractivity contribution in [3.8, 4) is 5.75 Å². The maximum absolute atomic E-state index is 11.9. The second-order valence-corrected chi connectivity index (χ2v) is 7.17. The van der Waals surface area contributed by atoms with Crippen LogP contribution in [0.5, 0.6) is 5.75 Å². The highest BCUT2D eigenvalue weighted by molar-refractivity contribution is 6.76. The van der Waals surface area contributed by atoms with Crippen molar-refractivity contribution in [2.45, 2.75) is 3.79 Å².